The van der Waals surface area contributed by atoms with Gasteiger partial charge >= 0.3 is 0 Å². The summed E-state index contributed by atoms with van der Waals surface area (Å²) in [5.41, 5.74) is 0.609. The number of sulfonamides is 1. The number of ether oxygens (including phenoxy) is 2. The van der Waals surface area contributed by atoms with Crippen molar-refractivity contribution in [3.8, 4) is 0 Å². The van der Waals surface area contributed by atoms with E-state index < -0.39 is 10.0 Å². The Labute approximate surface area is 161 Å². The van der Waals surface area contributed by atoms with E-state index in [9.17, 15) is 8.42 Å². The molecule has 2 heterocycles. The topological polar surface area (TPSA) is 59.1 Å². The Balaban J connectivity index is 1.84. The van der Waals surface area contributed by atoms with Gasteiger partial charge in [-0.2, -0.15) is 4.31 Å². The molecule has 1 aromatic carbocycles. The van der Waals surface area contributed by atoms with Crippen molar-refractivity contribution in [2.75, 3.05) is 52.6 Å². The number of morpholine rings is 1. The van der Waals surface area contributed by atoms with E-state index in [-0.39, 0.29) is 6.04 Å². The number of rotatable bonds is 6. The second-order valence-corrected chi connectivity index (χ2v) is 9.04. The molecule has 0 aliphatic carbocycles. The molecule has 6 nitrogen and oxygen atoms in total. The summed E-state index contributed by atoms with van der Waals surface area (Å²) in [5, 5.41) is 0.478. The average Bonchev–Trinajstić information content (AvgIpc) is 2.65. The summed E-state index contributed by atoms with van der Waals surface area (Å²) >= 11 is 6.18. The lowest BCUT2D eigenvalue weighted by molar-refractivity contribution is 0.0291. The highest BCUT2D eigenvalue weighted by Crippen LogP contribution is 2.28. The van der Waals surface area contributed by atoms with Crippen LogP contribution in [0.1, 0.15) is 18.4 Å². The van der Waals surface area contributed by atoms with E-state index in [0.717, 1.165) is 25.9 Å². The fourth-order valence-corrected chi connectivity index (χ4v) is 5.69. The standard InChI is InChI=1S/C18H27ClN2O4S/c1-15-17(19)3-2-4-18(15)26(22,23)21(16-5-11-24-12-6-16)8-7-20-9-13-25-14-10-20/h2-4,16H,5-14H2,1H3. The molecule has 2 aliphatic heterocycles. The van der Waals surface area contributed by atoms with Gasteiger partial charge in [0, 0.05) is 50.5 Å². The molecule has 2 aliphatic rings. The first-order valence-corrected chi connectivity index (χ1v) is 11.0. The zero-order valence-corrected chi connectivity index (χ0v) is 16.8. The van der Waals surface area contributed by atoms with Crippen molar-refractivity contribution in [3.63, 3.8) is 0 Å². The van der Waals surface area contributed by atoms with Crippen molar-refractivity contribution in [1.29, 1.82) is 0 Å². The van der Waals surface area contributed by atoms with Crippen molar-refractivity contribution in [3.05, 3.63) is 28.8 Å². The third-order valence-corrected chi connectivity index (χ3v) is 7.65. The fourth-order valence-electron chi connectivity index (χ4n) is 3.53. The van der Waals surface area contributed by atoms with Crippen LogP contribution in [0.3, 0.4) is 0 Å². The first-order chi connectivity index (χ1) is 12.5. The van der Waals surface area contributed by atoms with Gasteiger partial charge in [0.1, 0.15) is 0 Å². The normalized spacial score (nSPS) is 20.6. The van der Waals surface area contributed by atoms with Gasteiger partial charge in [0.15, 0.2) is 0 Å². The van der Waals surface area contributed by atoms with Crippen molar-refractivity contribution in [2.45, 2.75) is 30.7 Å². The fraction of sp³-hybridized carbons (Fsp3) is 0.667. The third-order valence-electron chi connectivity index (χ3n) is 5.14. The molecule has 0 aromatic heterocycles. The van der Waals surface area contributed by atoms with Gasteiger partial charge in [-0.15, -0.1) is 0 Å². The van der Waals surface area contributed by atoms with E-state index in [2.05, 4.69) is 4.90 Å². The third kappa shape index (κ3) is 4.58. The highest BCUT2D eigenvalue weighted by atomic mass is 35.5. The number of hydrogen-bond acceptors (Lipinski definition) is 5. The Morgan fingerprint density at radius 2 is 1.81 bits per heavy atom. The van der Waals surface area contributed by atoms with Crippen LogP contribution in [0.4, 0.5) is 0 Å². The molecule has 146 valence electrons. The zero-order chi connectivity index (χ0) is 18.6. The van der Waals surface area contributed by atoms with Gasteiger partial charge in [-0.1, -0.05) is 17.7 Å². The minimum atomic E-state index is -3.62. The molecule has 3 rings (SSSR count). The summed E-state index contributed by atoms with van der Waals surface area (Å²) in [6.07, 6.45) is 1.45. The molecule has 2 fully saturated rings. The molecule has 0 radical (unpaired) electrons. The largest absolute Gasteiger partial charge is 0.381 e. The highest BCUT2D eigenvalue weighted by Gasteiger charge is 2.34. The maximum absolute atomic E-state index is 13.5. The molecule has 0 N–H and O–H groups in total. The van der Waals surface area contributed by atoms with Crippen LogP contribution in [0, 0.1) is 6.92 Å². The molecule has 8 heteroatoms. The summed E-state index contributed by atoms with van der Waals surface area (Å²) < 4.78 is 39.4. The molecule has 0 atom stereocenters. The van der Waals surface area contributed by atoms with E-state index in [1.165, 1.54) is 0 Å². The number of halogens is 1. The van der Waals surface area contributed by atoms with Gasteiger partial charge in [-0.05, 0) is 37.5 Å². The van der Waals surface area contributed by atoms with Gasteiger partial charge in [-0.25, -0.2) is 8.42 Å². The van der Waals surface area contributed by atoms with Crippen LogP contribution in [-0.4, -0.2) is 76.3 Å². The predicted octanol–water partition coefficient (Wildman–Crippen LogP) is 2.15. The maximum Gasteiger partial charge on any atom is 0.243 e. The van der Waals surface area contributed by atoms with Crippen molar-refractivity contribution in [2.24, 2.45) is 0 Å². The van der Waals surface area contributed by atoms with Crippen molar-refractivity contribution in [1.82, 2.24) is 9.21 Å². The summed E-state index contributed by atoms with van der Waals surface area (Å²) in [4.78, 5) is 2.56. The van der Waals surface area contributed by atoms with Gasteiger partial charge in [0.05, 0.1) is 18.1 Å². The van der Waals surface area contributed by atoms with Crippen LogP contribution in [-0.2, 0) is 19.5 Å². The van der Waals surface area contributed by atoms with Gasteiger partial charge in [0.2, 0.25) is 10.0 Å². The second-order valence-electron chi connectivity index (χ2n) is 6.78. The van der Waals surface area contributed by atoms with E-state index >= 15 is 0 Å². The second kappa shape index (κ2) is 8.99. The summed E-state index contributed by atoms with van der Waals surface area (Å²) in [5.74, 6) is 0. The van der Waals surface area contributed by atoms with Crippen molar-refractivity contribution >= 4 is 21.6 Å². The van der Waals surface area contributed by atoms with Gasteiger partial charge in [-0.3, -0.25) is 4.90 Å². The van der Waals surface area contributed by atoms with Crippen LogP contribution in [0.5, 0.6) is 0 Å². The number of hydrogen-bond donors (Lipinski definition) is 0. The molecule has 0 bridgehead atoms. The Bertz CT molecular complexity index is 701. The Kier molecular flexibility index (Phi) is 6.93. The van der Waals surface area contributed by atoms with E-state index in [1.54, 1.807) is 29.4 Å². The van der Waals surface area contributed by atoms with Gasteiger partial charge in [0.25, 0.3) is 0 Å². The summed E-state index contributed by atoms with van der Waals surface area (Å²) in [6.45, 7) is 7.24. The van der Waals surface area contributed by atoms with Crippen LogP contribution < -0.4 is 0 Å². The lowest BCUT2D eigenvalue weighted by Crippen LogP contribution is -2.48. The molecule has 0 unspecified atom stereocenters. The number of nitrogens with zero attached hydrogens (tertiary/aromatic N) is 2. The van der Waals surface area contributed by atoms with Crippen LogP contribution >= 0.6 is 11.6 Å². The van der Waals surface area contributed by atoms with E-state index in [0.29, 0.717) is 55.0 Å². The molecular weight excluding hydrogens is 376 g/mol. The smallest absolute Gasteiger partial charge is 0.243 e. The Morgan fingerprint density at radius 3 is 2.50 bits per heavy atom. The molecule has 26 heavy (non-hydrogen) atoms. The molecule has 1 aromatic rings. The summed E-state index contributed by atoms with van der Waals surface area (Å²) in [7, 11) is -3.62. The minimum absolute atomic E-state index is 0.0341. The van der Waals surface area contributed by atoms with Crippen molar-refractivity contribution < 1.29 is 17.9 Å². The highest BCUT2D eigenvalue weighted by molar-refractivity contribution is 7.89. The number of benzene rings is 1. The molecule has 0 amide bonds. The minimum Gasteiger partial charge on any atom is -0.381 e. The molecule has 0 saturated carbocycles. The average molecular weight is 403 g/mol. The van der Waals surface area contributed by atoms with E-state index in [4.69, 9.17) is 21.1 Å². The SMILES string of the molecule is Cc1c(Cl)cccc1S(=O)(=O)N(CCN1CCOCC1)C1CCOCC1. The first-order valence-electron chi connectivity index (χ1n) is 9.15. The lowest BCUT2D eigenvalue weighted by Gasteiger charge is -2.36. The van der Waals surface area contributed by atoms with Crippen LogP contribution in [0.25, 0.3) is 0 Å². The molecule has 0 spiro atoms. The lowest BCUT2D eigenvalue weighted by atomic mass is 10.1. The molecular formula is C18H27ClN2O4S. The van der Waals surface area contributed by atoms with Gasteiger partial charge < -0.3 is 9.47 Å². The molecule has 2 saturated heterocycles. The zero-order valence-electron chi connectivity index (χ0n) is 15.2. The quantitative estimate of drug-likeness (QED) is 0.729. The van der Waals surface area contributed by atoms with Crippen LogP contribution in [0.15, 0.2) is 23.1 Å². The first kappa shape index (κ1) is 20.0. The Morgan fingerprint density at radius 1 is 1.15 bits per heavy atom. The Hall–Kier alpha value is -0.700. The monoisotopic (exact) mass is 402 g/mol. The summed E-state index contributed by atoms with van der Waals surface area (Å²) in [6, 6.07) is 5.04. The van der Waals surface area contributed by atoms with Crippen LogP contribution in [0.2, 0.25) is 5.02 Å². The van der Waals surface area contributed by atoms with E-state index in [1.807, 2.05) is 0 Å². The predicted molar refractivity (Wildman–Crippen MR) is 101 cm³/mol. The maximum atomic E-state index is 13.5.